The van der Waals surface area contributed by atoms with E-state index >= 15 is 0 Å². The van der Waals surface area contributed by atoms with E-state index in [0.717, 1.165) is 13.1 Å². The lowest BCUT2D eigenvalue weighted by Crippen LogP contribution is -2.47. The highest BCUT2D eigenvalue weighted by Crippen LogP contribution is 2.14. The van der Waals surface area contributed by atoms with Crippen molar-refractivity contribution in [3.8, 4) is 0 Å². The van der Waals surface area contributed by atoms with Gasteiger partial charge in [0.25, 0.3) is 0 Å². The van der Waals surface area contributed by atoms with Gasteiger partial charge in [-0.1, -0.05) is 23.7 Å². The fraction of sp³-hybridized carbons (Fsp3) is 0.500. The van der Waals surface area contributed by atoms with Crippen LogP contribution in [0.5, 0.6) is 0 Å². The standard InChI is InChI=1S/C14H18ClNO2/c1-10-7-16(8-11(2)18-10)9-14(17)12-4-3-5-13(15)6-12/h3-6,10-11H,7-9H2,1-2H3. The van der Waals surface area contributed by atoms with Crippen LogP contribution in [-0.2, 0) is 4.74 Å². The van der Waals surface area contributed by atoms with Gasteiger partial charge in [0, 0.05) is 23.7 Å². The molecule has 0 saturated carbocycles. The molecule has 98 valence electrons. The molecule has 3 nitrogen and oxygen atoms in total. The average Bonchev–Trinajstić information content (AvgIpc) is 2.27. The van der Waals surface area contributed by atoms with E-state index in [9.17, 15) is 4.79 Å². The lowest BCUT2D eigenvalue weighted by Gasteiger charge is -2.34. The number of rotatable bonds is 3. The first-order chi connectivity index (χ1) is 8.54. The van der Waals surface area contributed by atoms with Crippen molar-refractivity contribution in [2.45, 2.75) is 26.1 Å². The zero-order chi connectivity index (χ0) is 13.1. The van der Waals surface area contributed by atoms with Crippen LogP contribution in [0, 0.1) is 0 Å². The Morgan fingerprint density at radius 1 is 1.39 bits per heavy atom. The number of ketones is 1. The summed E-state index contributed by atoms with van der Waals surface area (Å²) in [5, 5.41) is 0.601. The lowest BCUT2D eigenvalue weighted by molar-refractivity contribution is -0.0652. The fourth-order valence-electron chi connectivity index (χ4n) is 2.37. The minimum atomic E-state index is 0.110. The summed E-state index contributed by atoms with van der Waals surface area (Å²) in [6, 6.07) is 7.11. The van der Waals surface area contributed by atoms with Crippen LogP contribution in [0.4, 0.5) is 0 Å². The lowest BCUT2D eigenvalue weighted by atomic mass is 10.1. The Bertz CT molecular complexity index is 426. The molecular weight excluding hydrogens is 250 g/mol. The molecule has 0 bridgehead atoms. The second-order valence-corrected chi connectivity index (χ2v) is 5.32. The van der Waals surface area contributed by atoms with E-state index in [4.69, 9.17) is 16.3 Å². The van der Waals surface area contributed by atoms with Crippen LogP contribution in [-0.4, -0.2) is 42.5 Å². The molecule has 1 aliphatic heterocycles. The van der Waals surface area contributed by atoms with Gasteiger partial charge in [0.1, 0.15) is 0 Å². The van der Waals surface area contributed by atoms with Gasteiger partial charge >= 0.3 is 0 Å². The number of morpholine rings is 1. The molecule has 1 aromatic carbocycles. The van der Waals surface area contributed by atoms with Crippen molar-refractivity contribution >= 4 is 17.4 Å². The van der Waals surface area contributed by atoms with Crippen molar-refractivity contribution in [2.75, 3.05) is 19.6 Å². The molecule has 0 N–H and O–H groups in total. The van der Waals surface area contributed by atoms with Crippen molar-refractivity contribution in [1.82, 2.24) is 4.90 Å². The van der Waals surface area contributed by atoms with Crippen molar-refractivity contribution in [2.24, 2.45) is 0 Å². The molecule has 1 aromatic rings. The minimum absolute atomic E-state index is 0.110. The Hall–Kier alpha value is -0.900. The maximum Gasteiger partial charge on any atom is 0.176 e. The summed E-state index contributed by atoms with van der Waals surface area (Å²) in [6.07, 6.45) is 0.363. The van der Waals surface area contributed by atoms with Gasteiger partial charge in [0.2, 0.25) is 0 Å². The molecule has 0 aliphatic carbocycles. The smallest absolute Gasteiger partial charge is 0.176 e. The highest BCUT2D eigenvalue weighted by Gasteiger charge is 2.23. The molecule has 1 saturated heterocycles. The number of hydrogen-bond acceptors (Lipinski definition) is 3. The van der Waals surface area contributed by atoms with Gasteiger partial charge in [-0.05, 0) is 26.0 Å². The summed E-state index contributed by atoms with van der Waals surface area (Å²) in [7, 11) is 0. The molecule has 1 heterocycles. The maximum atomic E-state index is 12.1. The van der Waals surface area contributed by atoms with Gasteiger partial charge < -0.3 is 4.74 Å². The number of ether oxygens (including phenoxy) is 1. The number of benzene rings is 1. The summed E-state index contributed by atoms with van der Waals surface area (Å²) in [6.45, 7) is 6.10. The number of carbonyl (C=O) groups is 1. The average molecular weight is 268 g/mol. The van der Waals surface area contributed by atoms with Crippen LogP contribution in [0.3, 0.4) is 0 Å². The van der Waals surface area contributed by atoms with E-state index < -0.39 is 0 Å². The highest BCUT2D eigenvalue weighted by molar-refractivity contribution is 6.31. The number of nitrogens with zero attached hydrogens (tertiary/aromatic N) is 1. The Morgan fingerprint density at radius 3 is 2.67 bits per heavy atom. The predicted octanol–water partition coefficient (Wildman–Crippen LogP) is 2.63. The monoisotopic (exact) mass is 267 g/mol. The largest absolute Gasteiger partial charge is 0.373 e. The molecule has 1 fully saturated rings. The molecule has 2 unspecified atom stereocenters. The van der Waals surface area contributed by atoms with Crippen LogP contribution in [0.1, 0.15) is 24.2 Å². The molecule has 4 heteroatoms. The van der Waals surface area contributed by atoms with E-state index in [1.54, 1.807) is 18.2 Å². The second kappa shape index (κ2) is 5.83. The minimum Gasteiger partial charge on any atom is -0.373 e. The summed E-state index contributed by atoms with van der Waals surface area (Å²) >= 11 is 5.89. The molecule has 18 heavy (non-hydrogen) atoms. The number of carbonyl (C=O) groups excluding carboxylic acids is 1. The molecule has 2 atom stereocenters. The van der Waals surface area contributed by atoms with Gasteiger partial charge in [-0.2, -0.15) is 0 Å². The molecule has 0 aromatic heterocycles. The van der Waals surface area contributed by atoms with Crippen LogP contribution in [0.25, 0.3) is 0 Å². The van der Waals surface area contributed by atoms with E-state index in [1.165, 1.54) is 0 Å². The van der Waals surface area contributed by atoms with Gasteiger partial charge in [-0.25, -0.2) is 0 Å². The zero-order valence-corrected chi connectivity index (χ0v) is 11.5. The topological polar surface area (TPSA) is 29.5 Å². The van der Waals surface area contributed by atoms with Crippen LogP contribution in [0.2, 0.25) is 5.02 Å². The molecular formula is C14H18ClNO2. The number of hydrogen-bond donors (Lipinski definition) is 0. The van der Waals surface area contributed by atoms with Crippen LogP contribution < -0.4 is 0 Å². The van der Waals surface area contributed by atoms with Crippen LogP contribution in [0.15, 0.2) is 24.3 Å². The van der Waals surface area contributed by atoms with Gasteiger partial charge in [-0.3, -0.25) is 9.69 Å². The van der Waals surface area contributed by atoms with Crippen LogP contribution >= 0.6 is 11.6 Å². The molecule has 0 spiro atoms. The summed E-state index contributed by atoms with van der Waals surface area (Å²) < 4.78 is 5.65. The van der Waals surface area contributed by atoms with Gasteiger partial charge in [0.05, 0.1) is 18.8 Å². The van der Waals surface area contributed by atoms with E-state index in [0.29, 0.717) is 17.1 Å². The Morgan fingerprint density at radius 2 is 2.06 bits per heavy atom. The SMILES string of the molecule is CC1CN(CC(=O)c2cccc(Cl)c2)CC(C)O1. The third-order valence-electron chi connectivity index (χ3n) is 3.01. The molecule has 1 aliphatic rings. The van der Waals surface area contributed by atoms with Gasteiger partial charge in [0.15, 0.2) is 5.78 Å². The van der Waals surface area contributed by atoms with E-state index in [2.05, 4.69) is 4.90 Å². The number of halogens is 1. The first kappa shape index (κ1) is 13.5. The molecule has 2 rings (SSSR count). The Kier molecular flexibility index (Phi) is 4.38. The summed E-state index contributed by atoms with van der Waals surface area (Å²) in [5.74, 6) is 0.110. The molecule has 0 radical (unpaired) electrons. The zero-order valence-electron chi connectivity index (χ0n) is 10.7. The van der Waals surface area contributed by atoms with Crippen molar-refractivity contribution in [3.63, 3.8) is 0 Å². The van der Waals surface area contributed by atoms with E-state index in [1.807, 2.05) is 19.9 Å². The van der Waals surface area contributed by atoms with Crippen molar-refractivity contribution < 1.29 is 9.53 Å². The first-order valence-electron chi connectivity index (χ1n) is 6.21. The van der Waals surface area contributed by atoms with Crippen molar-refractivity contribution in [3.05, 3.63) is 34.9 Å². The predicted molar refractivity (Wildman–Crippen MR) is 72.2 cm³/mol. The molecule has 0 amide bonds. The maximum absolute atomic E-state index is 12.1. The highest BCUT2D eigenvalue weighted by atomic mass is 35.5. The third kappa shape index (κ3) is 3.55. The number of Topliss-reactive ketones (excluding diaryl/α,β-unsaturated/α-hetero) is 1. The fourth-order valence-corrected chi connectivity index (χ4v) is 2.56. The summed E-state index contributed by atoms with van der Waals surface area (Å²) in [4.78, 5) is 14.3. The quantitative estimate of drug-likeness (QED) is 0.789. The Balaban J connectivity index is 1.99. The third-order valence-corrected chi connectivity index (χ3v) is 3.24. The van der Waals surface area contributed by atoms with Gasteiger partial charge in [-0.15, -0.1) is 0 Å². The van der Waals surface area contributed by atoms with E-state index in [-0.39, 0.29) is 18.0 Å². The Labute approximate surface area is 113 Å². The second-order valence-electron chi connectivity index (χ2n) is 4.88. The first-order valence-corrected chi connectivity index (χ1v) is 6.59. The van der Waals surface area contributed by atoms with Crippen molar-refractivity contribution in [1.29, 1.82) is 0 Å². The normalized spacial score (nSPS) is 25.1. The summed E-state index contributed by atoms with van der Waals surface area (Å²) in [5.41, 5.74) is 0.675.